The fourth-order valence-corrected chi connectivity index (χ4v) is 5.95. The van der Waals surface area contributed by atoms with E-state index in [0.29, 0.717) is 6.61 Å². The zero-order valence-corrected chi connectivity index (χ0v) is 31.1. The molecular formula is C40H81NO5. The molecule has 0 aromatic rings. The van der Waals surface area contributed by atoms with Crippen LogP contribution in [0.4, 0.5) is 0 Å². The lowest BCUT2D eigenvalue weighted by molar-refractivity contribution is -0.142. The van der Waals surface area contributed by atoms with Gasteiger partial charge in [0.1, 0.15) is 5.60 Å². The Morgan fingerprint density at radius 1 is 0.500 bits per heavy atom. The molecule has 0 saturated heterocycles. The zero-order valence-electron chi connectivity index (χ0n) is 31.1. The minimum absolute atomic E-state index is 0.111. The highest BCUT2D eigenvalue weighted by Gasteiger charge is 2.19. The highest BCUT2D eigenvalue weighted by atomic mass is 16.4. The molecule has 0 aliphatic rings. The van der Waals surface area contributed by atoms with Gasteiger partial charge in [0.2, 0.25) is 5.91 Å². The van der Waals surface area contributed by atoms with Crippen LogP contribution in [-0.4, -0.2) is 39.4 Å². The maximum absolute atomic E-state index is 11.7. The van der Waals surface area contributed by atoms with Crippen molar-refractivity contribution >= 4 is 11.9 Å². The van der Waals surface area contributed by atoms with Crippen molar-refractivity contribution < 1.29 is 24.9 Å². The van der Waals surface area contributed by atoms with Crippen LogP contribution >= 0.6 is 0 Å². The van der Waals surface area contributed by atoms with Crippen LogP contribution in [0.1, 0.15) is 226 Å². The molecule has 0 aromatic carbocycles. The summed E-state index contributed by atoms with van der Waals surface area (Å²) in [6.45, 7) is 5.32. The highest BCUT2D eigenvalue weighted by Crippen LogP contribution is 2.20. The Morgan fingerprint density at radius 3 is 0.913 bits per heavy atom. The first-order chi connectivity index (χ1) is 22.2. The van der Waals surface area contributed by atoms with Gasteiger partial charge >= 0.3 is 5.97 Å². The largest absolute Gasteiger partial charge is 0.481 e. The van der Waals surface area contributed by atoms with Gasteiger partial charge in [-0.15, -0.1) is 0 Å². The molecule has 5 N–H and O–H groups in total. The number of carbonyl (C=O) groups excluding carboxylic acids is 1. The summed E-state index contributed by atoms with van der Waals surface area (Å²) < 4.78 is 0. The Kier molecular flexibility index (Phi) is 37.5. The van der Waals surface area contributed by atoms with E-state index in [2.05, 4.69) is 12.7 Å². The summed E-state index contributed by atoms with van der Waals surface area (Å²) >= 11 is 0. The van der Waals surface area contributed by atoms with Crippen LogP contribution in [0.25, 0.3) is 0 Å². The smallest absolute Gasteiger partial charge is 0.306 e. The van der Waals surface area contributed by atoms with Crippen molar-refractivity contribution in [2.45, 2.75) is 232 Å². The fourth-order valence-electron chi connectivity index (χ4n) is 5.95. The fraction of sp³-hybridized carbons (Fsp3) is 0.950. The molecule has 1 unspecified atom stereocenters. The maximum atomic E-state index is 11.7. The molecule has 0 heterocycles. The average Bonchev–Trinajstić information content (AvgIpc) is 3.01. The van der Waals surface area contributed by atoms with Crippen molar-refractivity contribution in [1.29, 1.82) is 0 Å². The minimum Gasteiger partial charge on any atom is -0.481 e. The quantitative estimate of drug-likeness (QED) is 0.0506. The molecule has 0 fully saturated rings. The van der Waals surface area contributed by atoms with Crippen LogP contribution in [0.2, 0.25) is 0 Å². The van der Waals surface area contributed by atoms with E-state index in [4.69, 9.17) is 10.2 Å². The first-order valence-corrected chi connectivity index (χ1v) is 20.0. The van der Waals surface area contributed by atoms with E-state index in [1.54, 1.807) is 0 Å². The van der Waals surface area contributed by atoms with Gasteiger partial charge in [-0.25, -0.2) is 0 Å². The molecule has 0 rings (SSSR count). The van der Waals surface area contributed by atoms with Crippen LogP contribution in [0.15, 0.2) is 0 Å². The Balaban J connectivity index is 0. The highest BCUT2D eigenvalue weighted by molar-refractivity contribution is 5.81. The number of aliphatic carboxylic acids is 1. The maximum Gasteiger partial charge on any atom is 0.306 e. The zero-order chi connectivity index (χ0) is 34.6. The molecular weight excluding hydrogens is 574 g/mol. The summed E-state index contributed by atoms with van der Waals surface area (Å²) in [7, 11) is 0. The Hall–Kier alpha value is -1.14. The lowest BCUT2D eigenvalue weighted by Gasteiger charge is -2.12. The third kappa shape index (κ3) is 39.0. The number of hydrogen-bond donors (Lipinski definition) is 4. The summed E-state index contributed by atoms with van der Waals surface area (Å²) in [4.78, 5) is 21.7. The van der Waals surface area contributed by atoms with Crippen LogP contribution in [-0.2, 0) is 9.59 Å². The number of rotatable bonds is 35. The van der Waals surface area contributed by atoms with E-state index >= 15 is 0 Å². The van der Waals surface area contributed by atoms with Crippen molar-refractivity contribution in [2.24, 2.45) is 11.7 Å². The van der Waals surface area contributed by atoms with Gasteiger partial charge in [-0.1, -0.05) is 193 Å². The lowest BCUT2D eigenvalue weighted by atomic mass is 9.94. The second-order valence-electron chi connectivity index (χ2n) is 14.5. The van der Waals surface area contributed by atoms with E-state index in [-0.39, 0.29) is 5.92 Å². The number of nitrogens with two attached hydrogens (primary N) is 1. The summed E-state index contributed by atoms with van der Waals surface area (Å²) in [5.41, 5.74) is 3.32. The predicted octanol–water partition coefficient (Wildman–Crippen LogP) is 11.4. The van der Waals surface area contributed by atoms with Crippen molar-refractivity contribution in [3.63, 3.8) is 0 Å². The summed E-state index contributed by atoms with van der Waals surface area (Å²) in [5, 5.41) is 27.0. The lowest BCUT2D eigenvalue weighted by Crippen LogP contribution is -2.37. The number of amides is 1. The normalized spacial score (nSPS) is 12.1. The monoisotopic (exact) mass is 656 g/mol. The predicted molar refractivity (Wildman–Crippen MR) is 197 cm³/mol. The summed E-state index contributed by atoms with van der Waals surface area (Å²) in [5.74, 6) is -1.38. The summed E-state index contributed by atoms with van der Waals surface area (Å²) in [6, 6.07) is 0. The molecule has 0 bridgehead atoms. The van der Waals surface area contributed by atoms with Crippen molar-refractivity contribution in [1.82, 2.24) is 0 Å². The number of carbonyl (C=O) groups is 2. The van der Waals surface area contributed by atoms with Gasteiger partial charge in [0.25, 0.3) is 0 Å². The van der Waals surface area contributed by atoms with E-state index in [9.17, 15) is 14.7 Å². The first-order valence-electron chi connectivity index (χ1n) is 20.0. The second-order valence-corrected chi connectivity index (χ2v) is 14.5. The van der Waals surface area contributed by atoms with Crippen LogP contribution < -0.4 is 5.73 Å². The Bertz CT molecular complexity index is 634. The SMILES string of the molecule is CC(C)(O)C(N)=O.CCCCCCCCCCCCCCCCCCC(CCCCCCCCCCCCCCCCO)C(=O)O. The Morgan fingerprint density at radius 2 is 0.717 bits per heavy atom. The molecule has 46 heavy (non-hydrogen) atoms. The number of carboxylic acids is 1. The van der Waals surface area contributed by atoms with E-state index < -0.39 is 17.5 Å². The van der Waals surface area contributed by atoms with E-state index in [1.165, 1.54) is 187 Å². The number of primary amides is 1. The van der Waals surface area contributed by atoms with Crippen LogP contribution in [0, 0.1) is 5.92 Å². The van der Waals surface area contributed by atoms with Gasteiger partial charge in [-0.2, -0.15) is 0 Å². The minimum atomic E-state index is -1.36. The molecule has 276 valence electrons. The van der Waals surface area contributed by atoms with Gasteiger partial charge < -0.3 is 21.1 Å². The van der Waals surface area contributed by atoms with E-state index in [1.807, 2.05) is 0 Å². The molecule has 0 spiro atoms. The van der Waals surface area contributed by atoms with Crippen molar-refractivity contribution in [3.05, 3.63) is 0 Å². The number of carboxylic acid groups (broad SMARTS) is 1. The first kappa shape index (κ1) is 47.0. The molecule has 6 heteroatoms. The van der Waals surface area contributed by atoms with Gasteiger partial charge in [0.15, 0.2) is 0 Å². The molecule has 0 saturated carbocycles. The third-order valence-corrected chi connectivity index (χ3v) is 9.32. The van der Waals surface area contributed by atoms with Crippen LogP contribution in [0.3, 0.4) is 0 Å². The average molecular weight is 656 g/mol. The second kappa shape index (κ2) is 36.7. The summed E-state index contributed by atoms with van der Waals surface area (Å²) in [6.07, 6.45) is 41.5. The third-order valence-electron chi connectivity index (χ3n) is 9.32. The molecule has 0 aromatic heterocycles. The number of hydrogen-bond acceptors (Lipinski definition) is 4. The van der Waals surface area contributed by atoms with Gasteiger partial charge in [0.05, 0.1) is 5.92 Å². The van der Waals surface area contributed by atoms with Gasteiger partial charge in [-0.3, -0.25) is 9.59 Å². The Labute approximate surface area is 286 Å². The molecule has 0 aliphatic carbocycles. The molecule has 1 atom stereocenters. The number of unbranched alkanes of at least 4 members (excludes halogenated alkanes) is 28. The number of aliphatic hydroxyl groups excluding tert-OH is 1. The molecule has 6 nitrogen and oxygen atoms in total. The molecule has 0 radical (unpaired) electrons. The molecule has 0 aliphatic heterocycles. The van der Waals surface area contributed by atoms with Gasteiger partial charge in [-0.05, 0) is 33.1 Å². The van der Waals surface area contributed by atoms with Crippen LogP contribution in [0.5, 0.6) is 0 Å². The number of aliphatic hydroxyl groups is 2. The molecule has 1 amide bonds. The topological polar surface area (TPSA) is 121 Å². The van der Waals surface area contributed by atoms with Crippen molar-refractivity contribution in [3.8, 4) is 0 Å². The van der Waals surface area contributed by atoms with E-state index in [0.717, 1.165) is 32.1 Å². The van der Waals surface area contributed by atoms with Crippen molar-refractivity contribution in [2.75, 3.05) is 6.61 Å². The van der Waals surface area contributed by atoms with Gasteiger partial charge in [0, 0.05) is 6.61 Å². The standard InChI is InChI=1S/C36H72O3.C4H9NO2/c1-2-3-4-5-6-7-8-9-10-11-14-17-20-23-26-29-32-35(36(38)39)33-30-27-24-21-18-15-12-13-16-19-22-25-28-31-34-37;1-4(2,7)3(5)6/h35,37H,2-34H2,1H3,(H,38,39);7H,1-2H3,(H2,5,6).